The Morgan fingerprint density at radius 2 is 1.54 bits per heavy atom. The van der Waals surface area contributed by atoms with Crippen molar-refractivity contribution in [3.63, 3.8) is 0 Å². The molecule has 1 aliphatic carbocycles. The topological polar surface area (TPSA) is 72.4 Å². The van der Waals surface area contributed by atoms with Crippen molar-refractivity contribution in [2.24, 2.45) is 0 Å². The molecule has 0 aromatic heterocycles. The Morgan fingerprint density at radius 1 is 1.08 bits per heavy atom. The predicted molar refractivity (Wildman–Crippen MR) is 35.6 cm³/mol. The van der Waals surface area contributed by atoms with Crippen LogP contribution in [0.3, 0.4) is 0 Å². The molecule has 0 aliphatic heterocycles. The number of phosphoric ester groups is 1. The van der Waals surface area contributed by atoms with E-state index in [-0.39, 0.29) is 65.2 Å². The van der Waals surface area contributed by atoms with Crippen molar-refractivity contribution in [3.05, 3.63) is 0 Å². The van der Waals surface area contributed by atoms with Gasteiger partial charge in [-0.3, -0.25) is 0 Å². The summed E-state index contributed by atoms with van der Waals surface area (Å²) >= 11 is 0. The van der Waals surface area contributed by atoms with Gasteiger partial charge in [0.1, 0.15) is 0 Å². The summed E-state index contributed by atoms with van der Waals surface area (Å²) in [6.45, 7) is 0. The number of hydrogen-bond donors (Lipinski definition) is 0. The van der Waals surface area contributed by atoms with Gasteiger partial charge in [0.05, 0.1) is 13.9 Å². The number of rotatable bonds is 2. The molecule has 0 aromatic carbocycles. The summed E-state index contributed by atoms with van der Waals surface area (Å²) in [5, 5.41) is 0. The first-order valence-corrected chi connectivity index (χ1v) is 5.24. The van der Waals surface area contributed by atoms with Crippen molar-refractivity contribution in [3.8, 4) is 0 Å². The van der Waals surface area contributed by atoms with Gasteiger partial charge in [-0.1, -0.05) is 19.3 Å². The van der Waals surface area contributed by atoms with Gasteiger partial charge < -0.3 is 18.9 Å². The Bertz CT molecular complexity index is 166. The minimum atomic E-state index is -4.73. The Labute approximate surface area is 123 Å². The fraction of sp³-hybridized carbons (Fsp3) is 1.00. The molecule has 1 fully saturated rings. The van der Waals surface area contributed by atoms with Crippen LogP contribution >= 0.6 is 7.82 Å². The van der Waals surface area contributed by atoms with Crippen LogP contribution in [0.4, 0.5) is 0 Å². The van der Waals surface area contributed by atoms with Gasteiger partial charge in [0.25, 0.3) is 0 Å². The van der Waals surface area contributed by atoms with Gasteiger partial charge in [-0.05, 0) is 12.8 Å². The van der Waals surface area contributed by atoms with Gasteiger partial charge in [-0.2, -0.15) is 0 Å². The normalized spacial score (nSPS) is 18.6. The van der Waals surface area contributed by atoms with Gasteiger partial charge in [0.2, 0.25) is 0 Å². The second-order valence-corrected chi connectivity index (χ2v) is 3.92. The van der Waals surface area contributed by atoms with Crippen LogP contribution in [-0.4, -0.2) is 6.10 Å². The third-order valence-corrected chi connectivity index (χ3v) is 2.39. The summed E-state index contributed by atoms with van der Waals surface area (Å²) in [6.07, 6.45) is 4.10. The van der Waals surface area contributed by atoms with E-state index in [0.29, 0.717) is 12.8 Å². The van der Waals surface area contributed by atoms with Crippen LogP contribution in [0.1, 0.15) is 32.1 Å². The third-order valence-electron chi connectivity index (χ3n) is 1.83. The minimum absolute atomic E-state index is 0. The molecule has 0 unspecified atom stereocenters. The Balaban J connectivity index is 0. The van der Waals surface area contributed by atoms with E-state index in [2.05, 4.69) is 4.52 Å². The van der Waals surface area contributed by atoms with E-state index in [1.807, 2.05) is 0 Å². The first-order chi connectivity index (χ1) is 5.08. The average molecular weight is 224 g/mol. The summed E-state index contributed by atoms with van der Waals surface area (Å²) < 4.78 is 14.5. The summed E-state index contributed by atoms with van der Waals surface area (Å²) in [7, 11) is -4.73. The second-order valence-electron chi connectivity index (χ2n) is 2.81. The summed E-state index contributed by atoms with van der Waals surface area (Å²) in [6, 6.07) is 0. The van der Waals surface area contributed by atoms with Crippen LogP contribution < -0.4 is 68.9 Å². The molecule has 0 N–H and O–H groups in total. The molecule has 0 heterocycles. The van der Waals surface area contributed by atoms with E-state index in [1.165, 1.54) is 0 Å². The largest absolute Gasteiger partial charge is 1.00 e. The zero-order valence-electron chi connectivity index (χ0n) is 8.19. The molecule has 1 rings (SSSR count). The zero-order chi connectivity index (χ0) is 8.32. The molecule has 0 spiro atoms. The smallest absolute Gasteiger partial charge is 0.790 e. The van der Waals surface area contributed by atoms with Crippen molar-refractivity contribution in [1.29, 1.82) is 0 Å². The Hall–Kier alpha value is 2.11. The second kappa shape index (κ2) is 8.28. The minimum Gasteiger partial charge on any atom is -0.790 e. The van der Waals surface area contributed by atoms with Crippen molar-refractivity contribution in [2.45, 2.75) is 38.2 Å². The molecule has 0 atom stereocenters. The molecular formula is C6H11Na2O4P. The first kappa shape index (κ1) is 17.5. The SMILES string of the molecule is O=P([O-])([O-])OC1CCCCC1.[Na+].[Na+]. The van der Waals surface area contributed by atoms with Gasteiger partial charge in [0, 0.05) is 0 Å². The van der Waals surface area contributed by atoms with Gasteiger partial charge in [0.15, 0.2) is 0 Å². The molecule has 13 heavy (non-hydrogen) atoms. The van der Waals surface area contributed by atoms with Crippen LogP contribution in [0.25, 0.3) is 0 Å². The van der Waals surface area contributed by atoms with Crippen LogP contribution in [0.2, 0.25) is 0 Å². The first-order valence-electron chi connectivity index (χ1n) is 3.78. The molecule has 0 radical (unpaired) electrons. The van der Waals surface area contributed by atoms with Crippen LogP contribution in [0.5, 0.6) is 0 Å². The molecule has 0 amide bonds. The van der Waals surface area contributed by atoms with Gasteiger partial charge >= 0.3 is 59.1 Å². The summed E-state index contributed by atoms with van der Waals surface area (Å²) in [5.41, 5.74) is 0. The van der Waals surface area contributed by atoms with E-state index in [4.69, 9.17) is 0 Å². The van der Waals surface area contributed by atoms with E-state index in [1.54, 1.807) is 0 Å². The van der Waals surface area contributed by atoms with Crippen LogP contribution in [-0.2, 0) is 9.09 Å². The fourth-order valence-corrected chi connectivity index (χ4v) is 1.93. The fourth-order valence-electron chi connectivity index (χ4n) is 1.35. The monoisotopic (exact) mass is 224 g/mol. The summed E-state index contributed by atoms with van der Waals surface area (Å²) in [5.74, 6) is 0. The van der Waals surface area contributed by atoms with E-state index in [9.17, 15) is 14.4 Å². The molecule has 0 aromatic rings. The average Bonchev–Trinajstić information content (AvgIpc) is 1.85. The number of hydrogen-bond acceptors (Lipinski definition) is 4. The van der Waals surface area contributed by atoms with Crippen molar-refractivity contribution in [1.82, 2.24) is 0 Å². The van der Waals surface area contributed by atoms with Crippen LogP contribution in [0, 0.1) is 0 Å². The van der Waals surface area contributed by atoms with Crippen molar-refractivity contribution < 1.29 is 78.0 Å². The standard InChI is InChI=1S/C6H13O4P.2Na/c7-11(8,9)10-6-4-2-1-3-5-6;;/h6H,1-5H2,(H2,7,8,9);;/q;2*+1/p-2. The quantitative estimate of drug-likeness (QED) is 0.346. The zero-order valence-corrected chi connectivity index (χ0v) is 13.1. The Kier molecular flexibility index (Phi) is 11.2. The maximum absolute atomic E-state index is 10.1. The maximum Gasteiger partial charge on any atom is 1.00 e. The molecule has 0 saturated heterocycles. The molecule has 66 valence electrons. The molecular weight excluding hydrogens is 213 g/mol. The Morgan fingerprint density at radius 3 is 1.92 bits per heavy atom. The molecule has 7 heteroatoms. The number of phosphoric acid groups is 1. The van der Waals surface area contributed by atoms with Crippen molar-refractivity contribution >= 4 is 7.82 Å². The maximum atomic E-state index is 10.1. The summed E-state index contributed by atoms with van der Waals surface area (Å²) in [4.78, 5) is 20.3. The predicted octanol–water partition coefficient (Wildman–Crippen LogP) is -5.83. The van der Waals surface area contributed by atoms with Crippen LogP contribution in [0.15, 0.2) is 0 Å². The molecule has 0 bridgehead atoms. The van der Waals surface area contributed by atoms with Gasteiger partial charge in [-0.15, -0.1) is 0 Å². The third kappa shape index (κ3) is 9.06. The molecule has 4 nitrogen and oxygen atoms in total. The molecule has 1 saturated carbocycles. The van der Waals surface area contributed by atoms with E-state index >= 15 is 0 Å². The van der Waals surface area contributed by atoms with Crippen molar-refractivity contribution in [2.75, 3.05) is 0 Å². The van der Waals surface area contributed by atoms with E-state index < -0.39 is 7.82 Å². The van der Waals surface area contributed by atoms with E-state index in [0.717, 1.165) is 19.3 Å². The van der Waals surface area contributed by atoms with Gasteiger partial charge in [-0.25, -0.2) is 0 Å². The molecule has 1 aliphatic rings.